The zero-order valence-corrected chi connectivity index (χ0v) is 17.3. The first-order chi connectivity index (χ1) is 10.1. The fourth-order valence-electron chi connectivity index (χ4n) is 3.49. The van der Waals surface area contributed by atoms with E-state index in [0.29, 0.717) is 24.0 Å². The molecule has 0 bridgehead atoms. The molecule has 0 aromatic heterocycles. The molecule has 3 atom stereocenters. The number of hydrogen-bond donors (Lipinski definition) is 2. The Morgan fingerprint density at radius 3 is 2.61 bits per heavy atom. The second-order valence-corrected chi connectivity index (χ2v) is 7.70. The number of nitrogens with one attached hydrogen (secondary N) is 2. The molecule has 0 spiro atoms. The van der Waals surface area contributed by atoms with Crippen molar-refractivity contribution < 1.29 is 14.3 Å². The zero-order valence-electron chi connectivity index (χ0n) is 14.9. The summed E-state index contributed by atoms with van der Waals surface area (Å²) in [6, 6.07) is 0.310. The van der Waals surface area contributed by atoms with Crippen LogP contribution in [-0.4, -0.2) is 49.9 Å². The Kier molecular flexibility index (Phi) is 6.72. The minimum Gasteiger partial charge on any atom is -0.459 e. The molecular formula is C16H30IN3O3. The minimum absolute atomic E-state index is 0. The van der Waals surface area contributed by atoms with E-state index in [9.17, 15) is 4.79 Å². The number of esters is 1. The number of guanidine groups is 1. The standard InChI is InChI=1S/C16H29N3O3.HI/c1-15(2,3)22-11(20)9-18-14(17-6)19-12-10-7-8-21-13(10)16(12,4)5;/h10,12-13H,7-9H2,1-6H3,(H2,17,18,19);1H. The predicted octanol–water partition coefficient (Wildman–Crippen LogP) is 1.92. The van der Waals surface area contributed by atoms with Gasteiger partial charge in [0.1, 0.15) is 12.1 Å². The third kappa shape index (κ3) is 4.71. The van der Waals surface area contributed by atoms with Crippen molar-refractivity contribution in [2.45, 2.75) is 58.8 Å². The highest BCUT2D eigenvalue weighted by molar-refractivity contribution is 14.0. The van der Waals surface area contributed by atoms with Crippen LogP contribution in [0.1, 0.15) is 41.0 Å². The molecule has 2 N–H and O–H groups in total. The van der Waals surface area contributed by atoms with Gasteiger partial charge in [-0.1, -0.05) is 13.8 Å². The van der Waals surface area contributed by atoms with Crippen LogP contribution >= 0.6 is 24.0 Å². The van der Waals surface area contributed by atoms with Crippen molar-refractivity contribution in [1.29, 1.82) is 0 Å². The van der Waals surface area contributed by atoms with Gasteiger partial charge in [0.05, 0.1) is 6.10 Å². The van der Waals surface area contributed by atoms with E-state index in [1.54, 1.807) is 7.05 Å². The summed E-state index contributed by atoms with van der Waals surface area (Å²) in [7, 11) is 1.71. The van der Waals surface area contributed by atoms with Gasteiger partial charge in [-0.2, -0.15) is 0 Å². The van der Waals surface area contributed by atoms with Gasteiger partial charge in [0, 0.05) is 31.0 Å². The lowest BCUT2D eigenvalue weighted by Gasteiger charge is -2.54. The molecular weight excluding hydrogens is 409 g/mol. The van der Waals surface area contributed by atoms with Crippen molar-refractivity contribution in [2.75, 3.05) is 20.2 Å². The molecule has 1 aliphatic carbocycles. The molecule has 3 unspecified atom stereocenters. The topological polar surface area (TPSA) is 72.0 Å². The Morgan fingerprint density at radius 2 is 2.04 bits per heavy atom. The van der Waals surface area contributed by atoms with E-state index in [0.717, 1.165) is 13.0 Å². The molecule has 1 saturated carbocycles. The van der Waals surface area contributed by atoms with Crippen molar-refractivity contribution in [3.05, 3.63) is 0 Å². The summed E-state index contributed by atoms with van der Waals surface area (Å²) in [5, 5.41) is 6.47. The molecule has 23 heavy (non-hydrogen) atoms. The average molecular weight is 439 g/mol. The van der Waals surface area contributed by atoms with E-state index in [2.05, 4.69) is 29.5 Å². The molecule has 0 aromatic carbocycles. The van der Waals surface area contributed by atoms with Gasteiger partial charge < -0.3 is 20.1 Å². The van der Waals surface area contributed by atoms with Crippen LogP contribution in [0.25, 0.3) is 0 Å². The number of carbonyl (C=O) groups excluding carboxylic acids is 1. The first-order valence-electron chi connectivity index (χ1n) is 7.96. The van der Waals surface area contributed by atoms with Gasteiger partial charge in [0.25, 0.3) is 0 Å². The van der Waals surface area contributed by atoms with Crippen LogP contribution in [0.5, 0.6) is 0 Å². The largest absolute Gasteiger partial charge is 0.459 e. The van der Waals surface area contributed by atoms with Crippen molar-refractivity contribution in [1.82, 2.24) is 10.6 Å². The molecule has 134 valence electrons. The van der Waals surface area contributed by atoms with Crippen LogP contribution in [0.3, 0.4) is 0 Å². The molecule has 2 aliphatic rings. The number of aliphatic imine (C=N–C) groups is 1. The highest BCUT2D eigenvalue weighted by Crippen LogP contribution is 2.51. The van der Waals surface area contributed by atoms with Gasteiger partial charge in [-0.15, -0.1) is 24.0 Å². The Bertz CT molecular complexity index is 460. The molecule has 2 rings (SSSR count). The van der Waals surface area contributed by atoms with Crippen molar-refractivity contribution in [3.8, 4) is 0 Å². The van der Waals surface area contributed by atoms with Gasteiger partial charge in [0.15, 0.2) is 5.96 Å². The van der Waals surface area contributed by atoms with E-state index in [-0.39, 0.29) is 41.9 Å². The van der Waals surface area contributed by atoms with Crippen molar-refractivity contribution in [2.24, 2.45) is 16.3 Å². The summed E-state index contributed by atoms with van der Waals surface area (Å²) in [6.45, 7) is 10.9. The molecule has 0 amide bonds. The van der Waals surface area contributed by atoms with Gasteiger partial charge in [-0.25, -0.2) is 0 Å². The summed E-state index contributed by atoms with van der Waals surface area (Å²) < 4.78 is 11.1. The molecule has 0 aromatic rings. The first kappa shape index (κ1) is 20.5. The average Bonchev–Trinajstić information content (AvgIpc) is 2.83. The molecule has 1 aliphatic heterocycles. The summed E-state index contributed by atoms with van der Waals surface area (Å²) in [5.74, 6) is 0.870. The maximum Gasteiger partial charge on any atom is 0.325 e. The van der Waals surface area contributed by atoms with E-state index < -0.39 is 5.60 Å². The quantitative estimate of drug-likeness (QED) is 0.304. The molecule has 6 nitrogen and oxygen atoms in total. The summed E-state index contributed by atoms with van der Waals surface area (Å²) in [4.78, 5) is 16.0. The zero-order chi connectivity index (χ0) is 16.5. The van der Waals surface area contributed by atoms with E-state index >= 15 is 0 Å². The molecule has 1 saturated heterocycles. The normalized spacial score (nSPS) is 29.0. The van der Waals surface area contributed by atoms with Gasteiger partial charge >= 0.3 is 5.97 Å². The monoisotopic (exact) mass is 439 g/mol. The molecule has 1 heterocycles. The fourth-order valence-corrected chi connectivity index (χ4v) is 3.49. The van der Waals surface area contributed by atoms with E-state index in [1.807, 2.05) is 20.8 Å². The highest BCUT2D eigenvalue weighted by Gasteiger charge is 2.59. The highest BCUT2D eigenvalue weighted by atomic mass is 127. The lowest BCUT2D eigenvalue weighted by molar-refractivity contribution is -0.153. The van der Waals surface area contributed by atoms with Crippen LogP contribution in [0.2, 0.25) is 0 Å². The minimum atomic E-state index is -0.472. The Morgan fingerprint density at radius 1 is 1.39 bits per heavy atom. The third-order valence-corrected chi connectivity index (χ3v) is 4.44. The number of hydrogen-bond acceptors (Lipinski definition) is 4. The number of rotatable bonds is 3. The molecule has 7 heteroatoms. The third-order valence-electron chi connectivity index (χ3n) is 4.44. The summed E-state index contributed by atoms with van der Waals surface area (Å²) in [6.07, 6.45) is 1.41. The lowest BCUT2D eigenvalue weighted by Crippen LogP contribution is -2.68. The predicted molar refractivity (Wildman–Crippen MR) is 101 cm³/mol. The van der Waals surface area contributed by atoms with Crippen LogP contribution in [0.15, 0.2) is 4.99 Å². The van der Waals surface area contributed by atoms with Gasteiger partial charge in [-0.05, 0) is 27.2 Å². The van der Waals surface area contributed by atoms with Crippen LogP contribution < -0.4 is 10.6 Å². The first-order valence-corrected chi connectivity index (χ1v) is 7.96. The molecule has 2 fully saturated rings. The SMILES string of the molecule is CN=C(NCC(=O)OC(C)(C)C)NC1C2CCOC2C1(C)C.I. The Balaban J connectivity index is 0.00000264. The summed E-state index contributed by atoms with van der Waals surface area (Å²) >= 11 is 0. The van der Waals surface area contributed by atoms with Gasteiger partial charge in [-0.3, -0.25) is 9.79 Å². The second-order valence-electron chi connectivity index (χ2n) is 7.70. The number of carbonyl (C=O) groups is 1. The Hall–Kier alpha value is -0.570. The maximum absolute atomic E-state index is 11.8. The number of ether oxygens (including phenoxy) is 2. The van der Waals surface area contributed by atoms with Crippen LogP contribution in [-0.2, 0) is 14.3 Å². The Labute approximate surface area is 156 Å². The van der Waals surface area contributed by atoms with Gasteiger partial charge in [0.2, 0.25) is 0 Å². The maximum atomic E-state index is 11.8. The summed E-state index contributed by atoms with van der Waals surface area (Å²) in [5.41, 5.74) is -0.398. The number of halogens is 1. The molecule has 0 radical (unpaired) electrons. The van der Waals surface area contributed by atoms with E-state index in [4.69, 9.17) is 9.47 Å². The number of nitrogens with zero attached hydrogens (tertiary/aromatic N) is 1. The van der Waals surface area contributed by atoms with Crippen molar-refractivity contribution >= 4 is 35.9 Å². The van der Waals surface area contributed by atoms with Crippen LogP contribution in [0.4, 0.5) is 0 Å². The number of fused-ring (bicyclic) bond motifs is 1. The van der Waals surface area contributed by atoms with Crippen molar-refractivity contribution in [3.63, 3.8) is 0 Å². The van der Waals surface area contributed by atoms with Crippen LogP contribution in [0, 0.1) is 11.3 Å². The smallest absolute Gasteiger partial charge is 0.325 e. The lowest BCUT2D eigenvalue weighted by atomic mass is 9.57. The van der Waals surface area contributed by atoms with E-state index in [1.165, 1.54) is 0 Å². The second kappa shape index (κ2) is 7.55. The fraction of sp³-hybridized carbons (Fsp3) is 0.875.